The van der Waals surface area contributed by atoms with E-state index in [1.165, 1.54) is 44.7 Å². The standard InChI is InChI=1S/C14H32P.C6H5ClO/c1-5-9-12-15(8-4,13-10-6-2)14-11-7-3;7-5-3-1-2-4-6(5)8/h5-14H2,1-4H3;1-4,8H/q+1;. The fourth-order valence-electron chi connectivity index (χ4n) is 2.74. The number of halogens is 1. The lowest BCUT2D eigenvalue weighted by molar-refractivity contribution is 0.475. The van der Waals surface area contributed by atoms with Crippen LogP contribution >= 0.6 is 18.9 Å². The molecule has 0 atom stereocenters. The van der Waals surface area contributed by atoms with Crippen molar-refractivity contribution < 1.29 is 5.11 Å². The van der Waals surface area contributed by atoms with Crippen LogP contribution in [0.2, 0.25) is 5.02 Å². The molecule has 1 N–H and O–H groups in total. The zero-order valence-electron chi connectivity index (χ0n) is 15.7. The second-order valence-electron chi connectivity index (χ2n) is 6.34. The summed E-state index contributed by atoms with van der Waals surface area (Å²) in [5.74, 6) is 0.133. The van der Waals surface area contributed by atoms with Gasteiger partial charge in [-0.25, -0.2) is 0 Å². The molecule has 0 saturated heterocycles. The Morgan fingerprint density at radius 3 is 1.52 bits per heavy atom. The van der Waals surface area contributed by atoms with Crippen molar-refractivity contribution in [2.24, 2.45) is 0 Å². The molecule has 0 saturated carbocycles. The fraction of sp³-hybridized carbons (Fsp3) is 0.700. The van der Waals surface area contributed by atoms with Gasteiger partial charge in [0.2, 0.25) is 0 Å². The minimum atomic E-state index is -0.527. The number of hydrogen-bond acceptors (Lipinski definition) is 1. The van der Waals surface area contributed by atoms with E-state index in [0.29, 0.717) is 5.02 Å². The maximum absolute atomic E-state index is 8.79. The normalized spacial score (nSPS) is 11.0. The van der Waals surface area contributed by atoms with Gasteiger partial charge < -0.3 is 5.11 Å². The number of aromatic hydroxyl groups is 1. The number of phenols is 1. The summed E-state index contributed by atoms with van der Waals surface area (Å²) < 4.78 is 0. The average Bonchev–Trinajstić information content (AvgIpc) is 2.58. The molecular weight excluding hydrogens is 323 g/mol. The molecule has 1 aromatic rings. The van der Waals surface area contributed by atoms with E-state index in [9.17, 15) is 0 Å². The molecule has 0 fully saturated rings. The summed E-state index contributed by atoms with van der Waals surface area (Å²) in [5, 5.41) is 9.18. The molecule has 0 spiro atoms. The van der Waals surface area contributed by atoms with E-state index in [0.717, 1.165) is 0 Å². The summed E-state index contributed by atoms with van der Waals surface area (Å²) in [6.07, 6.45) is 14.9. The van der Waals surface area contributed by atoms with Crippen LogP contribution in [0.1, 0.15) is 66.2 Å². The van der Waals surface area contributed by atoms with Crippen molar-refractivity contribution in [2.45, 2.75) is 66.2 Å². The van der Waals surface area contributed by atoms with Crippen LogP contribution in [-0.4, -0.2) is 29.8 Å². The number of hydrogen-bond donors (Lipinski definition) is 1. The second-order valence-corrected chi connectivity index (χ2v) is 11.4. The molecule has 0 radical (unpaired) electrons. The zero-order chi connectivity index (χ0) is 17.6. The van der Waals surface area contributed by atoms with Gasteiger partial charge in [-0.05, 0) is 38.3 Å². The molecule has 0 amide bonds. The SMILES string of the molecule is CCCC[P+](CC)(CCCC)CCCC.Oc1ccccc1Cl. The number of unbranched alkanes of at least 4 members (excludes halogenated alkanes) is 3. The highest BCUT2D eigenvalue weighted by Gasteiger charge is 2.32. The van der Waals surface area contributed by atoms with E-state index < -0.39 is 7.26 Å². The van der Waals surface area contributed by atoms with Crippen molar-refractivity contribution in [1.29, 1.82) is 0 Å². The van der Waals surface area contributed by atoms with E-state index in [4.69, 9.17) is 16.7 Å². The van der Waals surface area contributed by atoms with Crippen molar-refractivity contribution in [3.8, 4) is 5.75 Å². The molecule has 0 aliphatic carbocycles. The Balaban J connectivity index is 0.000000502. The quantitative estimate of drug-likeness (QED) is 0.429. The van der Waals surface area contributed by atoms with Crippen LogP contribution in [0.15, 0.2) is 24.3 Å². The largest absolute Gasteiger partial charge is 0.506 e. The van der Waals surface area contributed by atoms with Crippen LogP contribution < -0.4 is 0 Å². The van der Waals surface area contributed by atoms with Crippen molar-refractivity contribution in [3.05, 3.63) is 29.3 Å². The first kappa shape index (κ1) is 22.7. The molecule has 0 aliphatic heterocycles. The van der Waals surface area contributed by atoms with Crippen LogP contribution in [0.4, 0.5) is 0 Å². The molecule has 0 aliphatic rings. The predicted octanol–water partition coefficient (Wildman–Crippen LogP) is 7.47. The molecule has 3 heteroatoms. The van der Waals surface area contributed by atoms with E-state index in [1.54, 1.807) is 42.8 Å². The van der Waals surface area contributed by atoms with Crippen molar-refractivity contribution in [1.82, 2.24) is 0 Å². The molecule has 134 valence electrons. The molecule has 1 nitrogen and oxygen atoms in total. The second kappa shape index (κ2) is 14.1. The Morgan fingerprint density at radius 2 is 1.26 bits per heavy atom. The van der Waals surface area contributed by atoms with Gasteiger partial charge in [-0.3, -0.25) is 0 Å². The Bertz CT molecular complexity index is 352. The Morgan fingerprint density at radius 1 is 0.826 bits per heavy atom. The molecular formula is C20H37ClOP+. The lowest BCUT2D eigenvalue weighted by Gasteiger charge is -2.26. The topological polar surface area (TPSA) is 20.2 Å². The molecule has 0 aromatic heterocycles. The van der Waals surface area contributed by atoms with Crippen LogP contribution in [0.25, 0.3) is 0 Å². The summed E-state index contributed by atoms with van der Waals surface area (Å²) in [6.45, 7) is 9.46. The van der Waals surface area contributed by atoms with E-state index in [-0.39, 0.29) is 5.75 Å². The van der Waals surface area contributed by atoms with Gasteiger partial charge in [0.15, 0.2) is 0 Å². The number of phenolic OH excluding ortho intramolecular Hbond substituents is 1. The maximum Gasteiger partial charge on any atom is 0.134 e. The summed E-state index contributed by atoms with van der Waals surface area (Å²) >= 11 is 5.46. The minimum absolute atomic E-state index is 0.133. The highest BCUT2D eigenvalue weighted by Crippen LogP contribution is 2.60. The maximum atomic E-state index is 8.79. The van der Waals surface area contributed by atoms with Crippen LogP contribution in [0.3, 0.4) is 0 Å². The third-order valence-corrected chi connectivity index (χ3v) is 9.94. The zero-order valence-corrected chi connectivity index (χ0v) is 17.3. The summed E-state index contributed by atoms with van der Waals surface area (Å²) in [5.41, 5.74) is 0. The molecule has 0 unspecified atom stereocenters. The first-order valence-electron chi connectivity index (χ1n) is 9.33. The van der Waals surface area contributed by atoms with Gasteiger partial charge in [0.05, 0.1) is 29.7 Å². The van der Waals surface area contributed by atoms with Gasteiger partial charge in [-0.15, -0.1) is 0 Å². The lowest BCUT2D eigenvalue weighted by Crippen LogP contribution is -2.11. The van der Waals surface area contributed by atoms with Gasteiger partial charge in [0.1, 0.15) is 5.75 Å². The van der Waals surface area contributed by atoms with E-state index in [2.05, 4.69) is 27.7 Å². The van der Waals surface area contributed by atoms with E-state index in [1.807, 2.05) is 0 Å². The highest BCUT2D eigenvalue weighted by atomic mass is 35.5. The number of rotatable bonds is 10. The van der Waals surface area contributed by atoms with E-state index >= 15 is 0 Å². The van der Waals surface area contributed by atoms with Crippen LogP contribution in [0, 0.1) is 0 Å². The first-order chi connectivity index (χ1) is 11.0. The highest BCUT2D eigenvalue weighted by molar-refractivity contribution is 7.75. The lowest BCUT2D eigenvalue weighted by atomic mass is 10.3. The van der Waals surface area contributed by atoms with Crippen LogP contribution in [0.5, 0.6) is 5.75 Å². The van der Waals surface area contributed by atoms with Gasteiger partial charge in [0, 0.05) is 7.26 Å². The Hall–Kier alpha value is -0.260. The predicted molar refractivity (Wildman–Crippen MR) is 110 cm³/mol. The summed E-state index contributed by atoms with van der Waals surface area (Å²) in [6, 6.07) is 6.67. The summed E-state index contributed by atoms with van der Waals surface area (Å²) in [7, 11) is -0.527. The third-order valence-electron chi connectivity index (χ3n) is 4.48. The Labute approximate surface area is 150 Å². The molecule has 0 bridgehead atoms. The van der Waals surface area contributed by atoms with Gasteiger partial charge in [0.25, 0.3) is 0 Å². The molecule has 0 heterocycles. The molecule has 1 aromatic carbocycles. The third kappa shape index (κ3) is 10.3. The molecule has 23 heavy (non-hydrogen) atoms. The van der Waals surface area contributed by atoms with Gasteiger partial charge in [-0.1, -0.05) is 63.8 Å². The van der Waals surface area contributed by atoms with Crippen LogP contribution in [-0.2, 0) is 0 Å². The van der Waals surface area contributed by atoms with Gasteiger partial charge >= 0.3 is 0 Å². The average molecular weight is 360 g/mol. The smallest absolute Gasteiger partial charge is 0.134 e. The minimum Gasteiger partial charge on any atom is -0.506 e. The summed E-state index contributed by atoms with van der Waals surface area (Å²) in [4.78, 5) is 0. The number of benzene rings is 1. The first-order valence-corrected chi connectivity index (χ1v) is 12.2. The fourth-order valence-corrected chi connectivity index (χ4v) is 7.46. The van der Waals surface area contributed by atoms with Crippen molar-refractivity contribution >= 4 is 18.9 Å². The van der Waals surface area contributed by atoms with Gasteiger partial charge in [-0.2, -0.15) is 0 Å². The number of para-hydroxylation sites is 1. The van der Waals surface area contributed by atoms with Crippen molar-refractivity contribution in [2.75, 3.05) is 24.6 Å². The Kier molecular flexibility index (Phi) is 14.0. The van der Waals surface area contributed by atoms with Crippen molar-refractivity contribution in [3.63, 3.8) is 0 Å². The molecule has 1 rings (SSSR count). The monoisotopic (exact) mass is 359 g/mol.